The molecular formula is C14H21NS. The van der Waals surface area contributed by atoms with Gasteiger partial charge in [0.05, 0.1) is 0 Å². The molecule has 16 heavy (non-hydrogen) atoms. The van der Waals surface area contributed by atoms with Crippen LogP contribution in [-0.4, -0.2) is 24.1 Å². The second-order valence-electron chi connectivity index (χ2n) is 4.73. The highest BCUT2D eigenvalue weighted by molar-refractivity contribution is 7.98. The fourth-order valence-corrected chi connectivity index (χ4v) is 3.14. The number of benzene rings is 1. The van der Waals surface area contributed by atoms with Gasteiger partial charge in [-0.15, -0.1) is 0 Å². The summed E-state index contributed by atoms with van der Waals surface area (Å²) in [7, 11) is 0. The summed E-state index contributed by atoms with van der Waals surface area (Å²) in [5.74, 6) is 1.21. The standard InChI is InChI=1S/C14H21NS/c1-11(10-16-2)15-14-8-7-12-5-3-4-6-13(12)9-14/h3-6,11,14-15H,7-10H2,1-2H3. The van der Waals surface area contributed by atoms with Gasteiger partial charge in [-0.2, -0.15) is 11.8 Å². The molecule has 1 aromatic carbocycles. The predicted octanol–water partition coefficient (Wildman–Crippen LogP) is 2.89. The van der Waals surface area contributed by atoms with E-state index in [0.29, 0.717) is 12.1 Å². The maximum atomic E-state index is 3.74. The van der Waals surface area contributed by atoms with Crippen LogP contribution in [0.2, 0.25) is 0 Å². The van der Waals surface area contributed by atoms with Crippen LogP contribution in [0.1, 0.15) is 24.5 Å². The van der Waals surface area contributed by atoms with Crippen molar-refractivity contribution in [3.8, 4) is 0 Å². The minimum Gasteiger partial charge on any atom is -0.310 e. The first-order chi connectivity index (χ1) is 7.79. The molecule has 2 rings (SSSR count). The first-order valence-electron chi connectivity index (χ1n) is 6.11. The average Bonchev–Trinajstić information content (AvgIpc) is 2.29. The molecule has 0 saturated carbocycles. The SMILES string of the molecule is CSCC(C)NC1CCc2ccccc2C1. The van der Waals surface area contributed by atoms with E-state index in [1.165, 1.54) is 25.0 Å². The summed E-state index contributed by atoms with van der Waals surface area (Å²) in [6, 6.07) is 10.2. The molecule has 1 aliphatic rings. The number of aryl methyl sites for hydroxylation is 1. The van der Waals surface area contributed by atoms with Gasteiger partial charge in [0.25, 0.3) is 0 Å². The molecule has 0 saturated heterocycles. The average molecular weight is 235 g/mol. The minimum absolute atomic E-state index is 0.630. The lowest BCUT2D eigenvalue weighted by Crippen LogP contribution is -2.41. The van der Waals surface area contributed by atoms with Crippen LogP contribution in [0, 0.1) is 0 Å². The highest BCUT2D eigenvalue weighted by atomic mass is 32.2. The third kappa shape index (κ3) is 3.02. The van der Waals surface area contributed by atoms with E-state index >= 15 is 0 Å². The Kier molecular flexibility index (Phi) is 4.30. The van der Waals surface area contributed by atoms with E-state index in [1.807, 2.05) is 11.8 Å². The van der Waals surface area contributed by atoms with Crippen LogP contribution >= 0.6 is 11.8 Å². The van der Waals surface area contributed by atoms with Crippen molar-refractivity contribution in [3.63, 3.8) is 0 Å². The van der Waals surface area contributed by atoms with Crippen molar-refractivity contribution in [2.75, 3.05) is 12.0 Å². The van der Waals surface area contributed by atoms with Gasteiger partial charge in [-0.1, -0.05) is 24.3 Å². The van der Waals surface area contributed by atoms with Crippen molar-refractivity contribution in [1.29, 1.82) is 0 Å². The molecule has 0 fully saturated rings. The molecular weight excluding hydrogens is 214 g/mol. The minimum atomic E-state index is 0.630. The molecule has 0 amide bonds. The smallest absolute Gasteiger partial charge is 0.0132 e. The van der Waals surface area contributed by atoms with Crippen LogP contribution in [0.15, 0.2) is 24.3 Å². The van der Waals surface area contributed by atoms with Crippen molar-refractivity contribution in [3.05, 3.63) is 35.4 Å². The fraction of sp³-hybridized carbons (Fsp3) is 0.571. The predicted molar refractivity (Wildman–Crippen MR) is 73.2 cm³/mol. The number of fused-ring (bicyclic) bond motifs is 1. The van der Waals surface area contributed by atoms with E-state index in [-0.39, 0.29) is 0 Å². The Balaban J connectivity index is 1.92. The summed E-state index contributed by atoms with van der Waals surface area (Å²) in [6.45, 7) is 2.29. The summed E-state index contributed by atoms with van der Waals surface area (Å²) < 4.78 is 0. The lowest BCUT2D eigenvalue weighted by atomic mass is 9.88. The van der Waals surface area contributed by atoms with E-state index in [9.17, 15) is 0 Å². The molecule has 0 aliphatic heterocycles. The summed E-state index contributed by atoms with van der Waals surface area (Å²) >= 11 is 1.92. The number of nitrogens with one attached hydrogen (secondary N) is 1. The first kappa shape index (κ1) is 12.0. The van der Waals surface area contributed by atoms with Crippen LogP contribution in [-0.2, 0) is 12.8 Å². The van der Waals surface area contributed by atoms with E-state index in [1.54, 1.807) is 11.1 Å². The van der Waals surface area contributed by atoms with Gasteiger partial charge in [-0.3, -0.25) is 0 Å². The van der Waals surface area contributed by atoms with Crippen molar-refractivity contribution >= 4 is 11.8 Å². The van der Waals surface area contributed by atoms with Crippen molar-refractivity contribution < 1.29 is 0 Å². The molecule has 2 unspecified atom stereocenters. The number of thioether (sulfide) groups is 1. The van der Waals surface area contributed by atoms with Gasteiger partial charge < -0.3 is 5.32 Å². The van der Waals surface area contributed by atoms with Gasteiger partial charge in [0, 0.05) is 17.8 Å². The summed E-state index contributed by atoms with van der Waals surface area (Å²) in [6.07, 6.45) is 5.90. The molecule has 2 atom stereocenters. The Hall–Kier alpha value is -0.470. The van der Waals surface area contributed by atoms with Gasteiger partial charge in [-0.25, -0.2) is 0 Å². The van der Waals surface area contributed by atoms with Crippen molar-refractivity contribution in [2.45, 2.75) is 38.3 Å². The van der Waals surface area contributed by atoms with E-state index in [0.717, 1.165) is 0 Å². The molecule has 0 aromatic heterocycles. The number of rotatable bonds is 4. The molecule has 1 aromatic rings. The topological polar surface area (TPSA) is 12.0 Å². The van der Waals surface area contributed by atoms with E-state index in [4.69, 9.17) is 0 Å². The third-order valence-corrected chi connectivity index (χ3v) is 4.12. The number of hydrogen-bond donors (Lipinski definition) is 1. The molecule has 1 aliphatic carbocycles. The first-order valence-corrected chi connectivity index (χ1v) is 7.50. The maximum absolute atomic E-state index is 3.74. The summed E-state index contributed by atoms with van der Waals surface area (Å²) in [5, 5.41) is 3.74. The molecule has 2 heteroatoms. The molecule has 1 nitrogen and oxygen atoms in total. The monoisotopic (exact) mass is 235 g/mol. The van der Waals surface area contributed by atoms with Crippen LogP contribution in [0.3, 0.4) is 0 Å². The lowest BCUT2D eigenvalue weighted by Gasteiger charge is -2.28. The second kappa shape index (κ2) is 5.74. The molecule has 0 radical (unpaired) electrons. The molecule has 88 valence electrons. The van der Waals surface area contributed by atoms with Gasteiger partial charge in [0.2, 0.25) is 0 Å². The third-order valence-electron chi connectivity index (χ3n) is 3.28. The zero-order valence-electron chi connectivity index (χ0n) is 10.2. The van der Waals surface area contributed by atoms with Crippen LogP contribution in [0.25, 0.3) is 0 Å². The van der Waals surface area contributed by atoms with Gasteiger partial charge in [0.1, 0.15) is 0 Å². The van der Waals surface area contributed by atoms with Gasteiger partial charge in [-0.05, 0) is 43.6 Å². The quantitative estimate of drug-likeness (QED) is 0.861. The Morgan fingerprint density at radius 1 is 1.38 bits per heavy atom. The highest BCUT2D eigenvalue weighted by Gasteiger charge is 2.18. The Morgan fingerprint density at radius 2 is 2.12 bits per heavy atom. The van der Waals surface area contributed by atoms with E-state index < -0.39 is 0 Å². The second-order valence-corrected chi connectivity index (χ2v) is 5.64. The summed E-state index contributed by atoms with van der Waals surface area (Å²) in [5.41, 5.74) is 3.10. The van der Waals surface area contributed by atoms with Crippen LogP contribution < -0.4 is 5.32 Å². The largest absolute Gasteiger partial charge is 0.310 e. The molecule has 0 bridgehead atoms. The summed E-state index contributed by atoms with van der Waals surface area (Å²) in [4.78, 5) is 0. The van der Waals surface area contributed by atoms with Crippen molar-refractivity contribution in [1.82, 2.24) is 5.32 Å². The molecule has 1 N–H and O–H groups in total. The lowest BCUT2D eigenvalue weighted by molar-refractivity contribution is 0.424. The van der Waals surface area contributed by atoms with Gasteiger partial charge >= 0.3 is 0 Å². The van der Waals surface area contributed by atoms with E-state index in [2.05, 4.69) is 42.8 Å². The Morgan fingerprint density at radius 3 is 2.88 bits per heavy atom. The molecule has 0 spiro atoms. The zero-order valence-corrected chi connectivity index (χ0v) is 11.0. The van der Waals surface area contributed by atoms with Crippen LogP contribution in [0.4, 0.5) is 0 Å². The Bertz CT molecular complexity index is 337. The molecule has 0 heterocycles. The normalized spacial score (nSPS) is 21.5. The van der Waals surface area contributed by atoms with Crippen LogP contribution in [0.5, 0.6) is 0 Å². The Labute approximate surface area is 103 Å². The van der Waals surface area contributed by atoms with Gasteiger partial charge in [0.15, 0.2) is 0 Å². The fourth-order valence-electron chi connectivity index (χ4n) is 2.54. The zero-order chi connectivity index (χ0) is 11.4. The van der Waals surface area contributed by atoms with Crippen molar-refractivity contribution in [2.24, 2.45) is 0 Å². The maximum Gasteiger partial charge on any atom is 0.0132 e. The number of hydrogen-bond acceptors (Lipinski definition) is 2. The highest BCUT2D eigenvalue weighted by Crippen LogP contribution is 2.21.